The van der Waals surface area contributed by atoms with Crippen molar-refractivity contribution >= 4 is 15.9 Å². The molecule has 1 aliphatic rings. The summed E-state index contributed by atoms with van der Waals surface area (Å²) < 4.78 is 14.2. The zero-order valence-electron chi connectivity index (χ0n) is 11.0. The number of rotatable bonds is 5. The van der Waals surface area contributed by atoms with Crippen LogP contribution in [0.1, 0.15) is 5.56 Å². The van der Waals surface area contributed by atoms with Crippen LogP contribution in [0.2, 0.25) is 0 Å². The molecule has 1 aromatic carbocycles. The van der Waals surface area contributed by atoms with Crippen molar-refractivity contribution in [2.45, 2.75) is 13.1 Å². The number of nitrogens with zero attached hydrogens (tertiary/aromatic N) is 2. The van der Waals surface area contributed by atoms with E-state index in [0.717, 1.165) is 35.6 Å². The summed E-state index contributed by atoms with van der Waals surface area (Å²) in [6, 6.07) is 4.10. The van der Waals surface area contributed by atoms with E-state index in [-0.39, 0.29) is 0 Å². The van der Waals surface area contributed by atoms with Crippen LogP contribution in [0.25, 0.3) is 0 Å². The van der Waals surface area contributed by atoms with E-state index < -0.39 is 0 Å². The third-order valence-corrected chi connectivity index (χ3v) is 3.68. The minimum atomic E-state index is 0.605. The molecule has 20 heavy (non-hydrogen) atoms. The molecule has 5 nitrogen and oxygen atoms in total. The molecule has 0 saturated heterocycles. The van der Waals surface area contributed by atoms with Crippen LogP contribution in [-0.2, 0) is 13.1 Å². The number of nitrogens with one attached hydrogen (secondary N) is 1. The fraction of sp³-hybridized carbons (Fsp3) is 0.357. The Bertz CT molecular complexity index is 572. The summed E-state index contributed by atoms with van der Waals surface area (Å²) in [5, 5.41) is 3.41. The Morgan fingerprint density at radius 3 is 3.05 bits per heavy atom. The molecule has 0 saturated carbocycles. The van der Waals surface area contributed by atoms with Crippen molar-refractivity contribution < 1.29 is 9.47 Å². The fourth-order valence-electron chi connectivity index (χ4n) is 2.13. The Kier molecular flexibility index (Phi) is 4.22. The Labute approximate surface area is 126 Å². The van der Waals surface area contributed by atoms with Gasteiger partial charge in [-0.2, -0.15) is 0 Å². The average Bonchev–Trinajstić information content (AvgIpc) is 2.97. The quantitative estimate of drug-likeness (QED) is 0.850. The van der Waals surface area contributed by atoms with E-state index in [9.17, 15) is 0 Å². The van der Waals surface area contributed by atoms with Crippen molar-refractivity contribution in [3.8, 4) is 11.5 Å². The topological polar surface area (TPSA) is 48.3 Å². The first kappa shape index (κ1) is 13.5. The molecule has 3 rings (SSSR count). The molecule has 0 aliphatic carbocycles. The maximum absolute atomic E-state index is 5.61. The van der Waals surface area contributed by atoms with Gasteiger partial charge in [-0.25, -0.2) is 4.98 Å². The van der Waals surface area contributed by atoms with E-state index in [2.05, 4.69) is 32.3 Å². The van der Waals surface area contributed by atoms with Gasteiger partial charge in [-0.3, -0.25) is 0 Å². The molecule has 1 N–H and O–H groups in total. The minimum absolute atomic E-state index is 0.605. The van der Waals surface area contributed by atoms with E-state index in [1.54, 1.807) is 6.20 Å². The molecule has 0 spiro atoms. The fourth-order valence-corrected chi connectivity index (χ4v) is 2.73. The standard InChI is InChI=1S/C14H16BrN3O2/c15-12-7-11(8-13-14(12)20-6-5-19-13)9-16-1-3-18-4-2-17-10-18/h2,4,7-8,10,16H,1,3,5-6,9H2. The Morgan fingerprint density at radius 1 is 1.30 bits per heavy atom. The van der Waals surface area contributed by atoms with Crippen molar-refractivity contribution in [1.29, 1.82) is 0 Å². The lowest BCUT2D eigenvalue weighted by Gasteiger charge is -2.20. The van der Waals surface area contributed by atoms with Gasteiger partial charge in [0.2, 0.25) is 0 Å². The number of ether oxygens (including phenoxy) is 2. The van der Waals surface area contributed by atoms with Crippen molar-refractivity contribution in [1.82, 2.24) is 14.9 Å². The van der Waals surface area contributed by atoms with Gasteiger partial charge in [-0.1, -0.05) is 0 Å². The minimum Gasteiger partial charge on any atom is -0.486 e. The van der Waals surface area contributed by atoms with E-state index in [1.165, 1.54) is 5.56 Å². The highest BCUT2D eigenvalue weighted by Crippen LogP contribution is 2.38. The highest BCUT2D eigenvalue weighted by Gasteiger charge is 2.15. The molecule has 2 heterocycles. The van der Waals surface area contributed by atoms with Gasteiger partial charge < -0.3 is 19.4 Å². The van der Waals surface area contributed by atoms with Gasteiger partial charge in [0.15, 0.2) is 11.5 Å². The van der Waals surface area contributed by atoms with Gasteiger partial charge in [-0.15, -0.1) is 0 Å². The van der Waals surface area contributed by atoms with E-state index >= 15 is 0 Å². The second-order valence-electron chi connectivity index (χ2n) is 4.58. The van der Waals surface area contributed by atoms with Gasteiger partial charge in [0.25, 0.3) is 0 Å². The maximum Gasteiger partial charge on any atom is 0.175 e. The number of imidazole rings is 1. The molecular formula is C14H16BrN3O2. The van der Waals surface area contributed by atoms with Gasteiger partial charge in [0.05, 0.1) is 10.8 Å². The molecule has 106 valence electrons. The number of fused-ring (bicyclic) bond motifs is 1. The Balaban J connectivity index is 1.56. The number of aromatic nitrogens is 2. The Morgan fingerprint density at radius 2 is 2.20 bits per heavy atom. The zero-order valence-corrected chi connectivity index (χ0v) is 12.6. The largest absolute Gasteiger partial charge is 0.486 e. The van der Waals surface area contributed by atoms with Crippen molar-refractivity contribution in [3.63, 3.8) is 0 Å². The summed E-state index contributed by atoms with van der Waals surface area (Å²) in [6.45, 7) is 3.81. The van der Waals surface area contributed by atoms with Crippen LogP contribution < -0.4 is 14.8 Å². The van der Waals surface area contributed by atoms with E-state index in [0.29, 0.717) is 13.2 Å². The van der Waals surface area contributed by atoms with Crippen LogP contribution >= 0.6 is 15.9 Å². The predicted octanol–water partition coefficient (Wildman–Crippen LogP) is 2.21. The maximum atomic E-state index is 5.61. The summed E-state index contributed by atoms with van der Waals surface area (Å²) in [7, 11) is 0. The smallest absolute Gasteiger partial charge is 0.175 e. The Hall–Kier alpha value is -1.53. The van der Waals surface area contributed by atoms with Gasteiger partial charge in [0.1, 0.15) is 13.2 Å². The van der Waals surface area contributed by atoms with Crippen LogP contribution in [-0.4, -0.2) is 29.3 Å². The lowest BCUT2D eigenvalue weighted by atomic mass is 10.2. The third-order valence-electron chi connectivity index (χ3n) is 3.09. The monoisotopic (exact) mass is 337 g/mol. The second-order valence-corrected chi connectivity index (χ2v) is 5.43. The molecule has 1 aliphatic heterocycles. The predicted molar refractivity (Wildman–Crippen MR) is 79.1 cm³/mol. The van der Waals surface area contributed by atoms with Crippen LogP contribution in [0.4, 0.5) is 0 Å². The molecule has 0 bridgehead atoms. The summed E-state index contributed by atoms with van der Waals surface area (Å²) in [4.78, 5) is 4.02. The van der Waals surface area contributed by atoms with Crippen LogP contribution in [0.15, 0.2) is 35.3 Å². The molecule has 0 atom stereocenters. The lowest BCUT2D eigenvalue weighted by Crippen LogP contribution is -2.20. The number of hydrogen-bond donors (Lipinski definition) is 1. The van der Waals surface area contributed by atoms with E-state index in [1.807, 2.05) is 23.2 Å². The second kappa shape index (κ2) is 6.28. The number of benzene rings is 1. The van der Waals surface area contributed by atoms with Crippen LogP contribution in [0, 0.1) is 0 Å². The highest BCUT2D eigenvalue weighted by atomic mass is 79.9. The van der Waals surface area contributed by atoms with E-state index in [4.69, 9.17) is 9.47 Å². The normalized spacial score (nSPS) is 13.4. The van der Waals surface area contributed by atoms with Crippen LogP contribution in [0.5, 0.6) is 11.5 Å². The van der Waals surface area contributed by atoms with Crippen LogP contribution in [0.3, 0.4) is 0 Å². The van der Waals surface area contributed by atoms with Crippen molar-refractivity contribution in [2.75, 3.05) is 19.8 Å². The summed E-state index contributed by atoms with van der Waals surface area (Å²) >= 11 is 3.53. The highest BCUT2D eigenvalue weighted by molar-refractivity contribution is 9.10. The molecule has 2 aromatic rings. The van der Waals surface area contributed by atoms with Crippen molar-refractivity contribution in [3.05, 3.63) is 40.9 Å². The van der Waals surface area contributed by atoms with Gasteiger partial charge in [0, 0.05) is 32.0 Å². The average molecular weight is 338 g/mol. The molecule has 1 aromatic heterocycles. The molecule has 0 amide bonds. The molecule has 6 heteroatoms. The molecule has 0 radical (unpaired) electrons. The lowest BCUT2D eigenvalue weighted by molar-refractivity contribution is 0.170. The molecule has 0 fully saturated rings. The molecule has 0 unspecified atom stereocenters. The first-order valence-corrected chi connectivity index (χ1v) is 7.37. The number of halogens is 1. The number of hydrogen-bond acceptors (Lipinski definition) is 4. The molecular weight excluding hydrogens is 322 g/mol. The third kappa shape index (κ3) is 3.13. The first-order valence-electron chi connectivity index (χ1n) is 6.57. The van der Waals surface area contributed by atoms with Gasteiger partial charge >= 0.3 is 0 Å². The van der Waals surface area contributed by atoms with Gasteiger partial charge in [-0.05, 0) is 33.6 Å². The first-order chi connectivity index (χ1) is 9.83. The van der Waals surface area contributed by atoms with Crippen molar-refractivity contribution in [2.24, 2.45) is 0 Å². The summed E-state index contributed by atoms with van der Waals surface area (Å²) in [6.07, 6.45) is 5.57. The zero-order chi connectivity index (χ0) is 13.8. The SMILES string of the molecule is Brc1cc(CNCCn2ccnc2)cc2c1OCCO2. The summed E-state index contributed by atoms with van der Waals surface area (Å²) in [5.74, 6) is 1.62. The summed E-state index contributed by atoms with van der Waals surface area (Å²) in [5.41, 5.74) is 1.17.